The standard InChI is InChI=1S/C26H34BFO2/c1-23(2)11-12-24(3,4)22-15-17(9-10-21(22)23)18-13-19(16-20(28)14-18)27-29-25(5,6)26(7,8)30-27/h9-10,13-16H,11-12H2,1-8H3. The first-order chi connectivity index (χ1) is 13.7. The molecule has 0 saturated carbocycles. The molecule has 1 fully saturated rings. The largest absolute Gasteiger partial charge is 0.494 e. The maximum absolute atomic E-state index is 14.7. The van der Waals surface area contributed by atoms with E-state index in [0.717, 1.165) is 23.0 Å². The number of hydrogen-bond donors (Lipinski definition) is 0. The molecule has 0 atom stereocenters. The third-order valence-corrected chi connectivity index (χ3v) is 7.63. The van der Waals surface area contributed by atoms with Crippen molar-refractivity contribution in [1.82, 2.24) is 0 Å². The quantitative estimate of drug-likeness (QED) is 0.556. The van der Waals surface area contributed by atoms with Gasteiger partial charge in [-0.15, -0.1) is 0 Å². The molecule has 2 nitrogen and oxygen atoms in total. The summed E-state index contributed by atoms with van der Waals surface area (Å²) in [6.45, 7) is 17.3. The zero-order valence-corrected chi connectivity index (χ0v) is 19.7. The Labute approximate surface area is 181 Å². The number of rotatable bonds is 2. The average Bonchev–Trinajstić information content (AvgIpc) is 2.86. The number of benzene rings is 2. The highest BCUT2D eigenvalue weighted by Gasteiger charge is 2.51. The van der Waals surface area contributed by atoms with Crippen molar-refractivity contribution in [3.05, 3.63) is 53.3 Å². The van der Waals surface area contributed by atoms with Crippen LogP contribution in [0.1, 0.15) is 79.4 Å². The second kappa shape index (κ2) is 6.67. The fourth-order valence-electron chi connectivity index (χ4n) is 4.66. The van der Waals surface area contributed by atoms with E-state index in [1.165, 1.54) is 23.6 Å². The maximum atomic E-state index is 14.7. The van der Waals surface area contributed by atoms with Crippen molar-refractivity contribution >= 4 is 12.6 Å². The summed E-state index contributed by atoms with van der Waals surface area (Å²) in [5, 5.41) is 0. The Balaban J connectivity index is 1.76. The topological polar surface area (TPSA) is 18.5 Å². The smallest absolute Gasteiger partial charge is 0.399 e. The Morgan fingerprint density at radius 2 is 1.27 bits per heavy atom. The summed E-state index contributed by atoms with van der Waals surface area (Å²) in [6, 6.07) is 11.8. The molecule has 0 N–H and O–H groups in total. The molecule has 0 unspecified atom stereocenters. The van der Waals surface area contributed by atoms with Gasteiger partial charge in [0.15, 0.2) is 0 Å². The van der Waals surface area contributed by atoms with Gasteiger partial charge in [0.05, 0.1) is 11.2 Å². The maximum Gasteiger partial charge on any atom is 0.494 e. The normalized spacial score (nSPS) is 23.3. The van der Waals surface area contributed by atoms with Gasteiger partial charge in [-0.05, 0) is 91.2 Å². The van der Waals surface area contributed by atoms with Crippen LogP contribution in [-0.4, -0.2) is 18.3 Å². The molecular formula is C26H34BFO2. The van der Waals surface area contributed by atoms with Crippen LogP contribution in [0.2, 0.25) is 0 Å². The van der Waals surface area contributed by atoms with Crippen molar-refractivity contribution in [2.45, 2.75) is 90.3 Å². The van der Waals surface area contributed by atoms with Gasteiger partial charge < -0.3 is 9.31 Å². The van der Waals surface area contributed by atoms with Gasteiger partial charge in [-0.2, -0.15) is 0 Å². The minimum atomic E-state index is -0.572. The lowest BCUT2D eigenvalue weighted by Gasteiger charge is -2.42. The predicted octanol–water partition coefficient (Wildman–Crippen LogP) is 6.14. The first-order valence-corrected chi connectivity index (χ1v) is 11.0. The van der Waals surface area contributed by atoms with Gasteiger partial charge in [-0.1, -0.05) is 52.0 Å². The zero-order chi connectivity index (χ0) is 22.1. The van der Waals surface area contributed by atoms with Crippen molar-refractivity contribution in [2.75, 3.05) is 0 Å². The molecule has 1 saturated heterocycles. The number of hydrogen-bond acceptors (Lipinski definition) is 2. The summed E-state index contributed by atoms with van der Waals surface area (Å²) >= 11 is 0. The van der Waals surface area contributed by atoms with E-state index >= 15 is 0 Å². The molecule has 0 radical (unpaired) electrons. The van der Waals surface area contributed by atoms with Crippen LogP contribution in [0.5, 0.6) is 0 Å². The predicted molar refractivity (Wildman–Crippen MR) is 123 cm³/mol. The molecule has 0 amide bonds. The van der Waals surface area contributed by atoms with Crippen LogP contribution in [0, 0.1) is 5.82 Å². The van der Waals surface area contributed by atoms with Crippen LogP contribution >= 0.6 is 0 Å². The fourth-order valence-corrected chi connectivity index (χ4v) is 4.66. The summed E-state index contributed by atoms with van der Waals surface area (Å²) in [6.07, 6.45) is 2.33. The van der Waals surface area contributed by atoms with Crippen LogP contribution in [0.25, 0.3) is 11.1 Å². The van der Waals surface area contributed by atoms with Crippen molar-refractivity contribution in [2.24, 2.45) is 0 Å². The van der Waals surface area contributed by atoms with Crippen molar-refractivity contribution in [1.29, 1.82) is 0 Å². The van der Waals surface area contributed by atoms with E-state index in [4.69, 9.17) is 9.31 Å². The van der Waals surface area contributed by atoms with Gasteiger partial charge in [-0.3, -0.25) is 0 Å². The van der Waals surface area contributed by atoms with E-state index in [1.807, 2.05) is 33.8 Å². The minimum Gasteiger partial charge on any atom is -0.399 e. The Hall–Kier alpha value is -1.65. The fraction of sp³-hybridized carbons (Fsp3) is 0.538. The van der Waals surface area contributed by atoms with Gasteiger partial charge in [-0.25, -0.2) is 4.39 Å². The summed E-state index contributed by atoms with van der Waals surface area (Å²) < 4.78 is 27.0. The second-order valence-corrected chi connectivity index (χ2v) is 11.4. The highest BCUT2D eigenvalue weighted by Crippen LogP contribution is 2.46. The van der Waals surface area contributed by atoms with Crippen molar-refractivity contribution in [3.8, 4) is 11.1 Å². The van der Waals surface area contributed by atoms with Gasteiger partial charge in [0.25, 0.3) is 0 Å². The molecule has 0 bridgehead atoms. The van der Waals surface area contributed by atoms with Gasteiger partial charge in [0, 0.05) is 0 Å². The lowest BCUT2D eigenvalue weighted by Crippen LogP contribution is -2.41. The third-order valence-electron chi connectivity index (χ3n) is 7.63. The van der Waals surface area contributed by atoms with Crippen LogP contribution in [0.4, 0.5) is 4.39 Å². The minimum absolute atomic E-state index is 0.114. The van der Waals surface area contributed by atoms with E-state index in [0.29, 0.717) is 0 Å². The Morgan fingerprint density at radius 1 is 0.700 bits per heavy atom. The molecule has 1 heterocycles. The molecule has 2 aromatic rings. The highest BCUT2D eigenvalue weighted by atomic mass is 19.1. The molecule has 30 heavy (non-hydrogen) atoms. The summed E-state index contributed by atoms with van der Waals surface area (Å²) in [4.78, 5) is 0. The lowest BCUT2D eigenvalue weighted by atomic mass is 9.63. The molecule has 0 aromatic heterocycles. The van der Waals surface area contributed by atoms with E-state index in [1.54, 1.807) is 6.07 Å². The first kappa shape index (κ1) is 21.6. The van der Waals surface area contributed by atoms with Crippen LogP contribution in [0.15, 0.2) is 36.4 Å². The van der Waals surface area contributed by atoms with Gasteiger partial charge in [0.2, 0.25) is 0 Å². The Bertz CT molecular complexity index is 975. The summed E-state index contributed by atoms with van der Waals surface area (Å²) in [5.41, 5.74) is 4.78. The van der Waals surface area contributed by atoms with Crippen LogP contribution < -0.4 is 5.46 Å². The molecule has 1 aliphatic carbocycles. The Kier molecular flexibility index (Phi) is 4.80. The van der Waals surface area contributed by atoms with Crippen molar-refractivity contribution in [3.63, 3.8) is 0 Å². The lowest BCUT2D eigenvalue weighted by molar-refractivity contribution is 0.00578. The molecule has 2 aromatic carbocycles. The third kappa shape index (κ3) is 3.52. The SMILES string of the molecule is CC1(C)CCC(C)(C)c2cc(-c3cc(F)cc(B4OC(C)(C)C(C)(C)O4)c3)ccc21. The Morgan fingerprint density at radius 3 is 1.87 bits per heavy atom. The summed E-state index contributed by atoms with van der Waals surface area (Å²) in [5.74, 6) is -0.269. The molecule has 4 rings (SSSR count). The number of halogens is 1. The van der Waals surface area contributed by atoms with Crippen molar-refractivity contribution < 1.29 is 13.7 Å². The highest BCUT2D eigenvalue weighted by molar-refractivity contribution is 6.62. The van der Waals surface area contributed by atoms with E-state index < -0.39 is 18.3 Å². The van der Waals surface area contributed by atoms with E-state index in [-0.39, 0.29) is 16.6 Å². The molecule has 2 aliphatic rings. The molecule has 1 aliphatic heterocycles. The first-order valence-electron chi connectivity index (χ1n) is 11.0. The van der Waals surface area contributed by atoms with Crippen LogP contribution in [0.3, 0.4) is 0 Å². The average molecular weight is 408 g/mol. The second-order valence-electron chi connectivity index (χ2n) is 11.4. The number of fused-ring (bicyclic) bond motifs is 1. The summed E-state index contributed by atoms with van der Waals surface area (Å²) in [7, 11) is -0.572. The monoisotopic (exact) mass is 408 g/mol. The zero-order valence-electron chi connectivity index (χ0n) is 19.7. The van der Waals surface area contributed by atoms with Gasteiger partial charge >= 0.3 is 7.12 Å². The molecule has 160 valence electrons. The molecule has 4 heteroatoms. The molecular weight excluding hydrogens is 374 g/mol. The van der Waals surface area contributed by atoms with Gasteiger partial charge in [0.1, 0.15) is 5.82 Å². The van der Waals surface area contributed by atoms with E-state index in [2.05, 4.69) is 45.9 Å². The van der Waals surface area contributed by atoms with E-state index in [9.17, 15) is 4.39 Å². The molecule has 0 spiro atoms. The van der Waals surface area contributed by atoms with Crippen LogP contribution in [-0.2, 0) is 20.1 Å².